The van der Waals surface area contributed by atoms with Crippen molar-refractivity contribution in [3.63, 3.8) is 0 Å². The lowest BCUT2D eigenvalue weighted by molar-refractivity contribution is -0.380. The zero-order valence-corrected chi connectivity index (χ0v) is 19.3. The number of benzene rings is 2. The molecular formula is C21H13N5O4S3. The van der Waals surface area contributed by atoms with E-state index in [1.807, 2.05) is 30.3 Å². The van der Waals surface area contributed by atoms with Gasteiger partial charge in [0.1, 0.15) is 5.75 Å². The summed E-state index contributed by atoms with van der Waals surface area (Å²) in [6, 6.07) is 15.9. The van der Waals surface area contributed by atoms with Gasteiger partial charge in [-0.05, 0) is 36.4 Å². The van der Waals surface area contributed by atoms with Crippen molar-refractivity contribution >= 4 is 76.7 Å². The number of amides is 1. The van der Waals surface area contributed by atoms with Crippen LogP contribution in [0.1, 0.15) is 14.7 Å². The van der Waals surface area contributed by atoms with Crippen LogP contribution in [0.2, 0.25) is 0 Å². The number of carbonyl (C=O) groups excluding carboxylic acids is 1. The molecule has 164 valence electrons. The minimum absolute atomic E-state index is 0.00687. The fourth-order valence-corrected chi connectivity index (χ4v) is 5.51. The molecule has 9 nitrogen and oxygen atoms in total. The Labute approximate surface area is 198 Å². The second-order valence-electron chi connectivity index (χ2n) is 6.61. The number of fused-ring (bicyclic) bond motifs is 2. The SMILES string of the molecule is COc1ccc2nc(N(/N=C/c3ccc([N+](=O)[O-])s3)C(=O)c3nc4ccccc4s3)sc2c1. The Morgan fingerprint density at radius 1 is 1.06 bits per heavy atom. The zero-order chi connectivity index (χ0) is 22.9. The molecule has 3 heterocycles. The molecule has 33 heavy (non-hydrogen) atoms. The quantitative estimate of drug-likeness (QED) is 0.173. The van der Waals surface area contributed by atoms with Crippen molar-refractivity contribution in [2.75, 3.05) is 12.1 Å². The van der Waals surface area contributed by atoms with Gasteiger partial charge in [0, 0.05) is 6.07 Å². The maximum Gasteiger partial charge on any atom is 0.324 e. The van der Waals surface area contributed by atoms with E-state index in [4.69, 9.17) is 4.74 Å². The molecule has 0 saturated carbocycles. The molecule has 0 bridgehead atoms. The first-order valence-corrected chi connectivity index (χ1v) is 11.9. The number of nitro groups is 1. The van der Waals surface area contributed by atoms with Crippen LogP contribution in [-0.2, 0) is 0 Å². The second kappa shape index (κ2) is 8.65. The van der Waals surface area contributed by atoms with Crippen molar-refractivity contribution in [1.29, 1.82) is 0 Å². The van der Waals surface area contributed by atoms with Crippen LogP contribution in [0.15, 0.2) is 59.7 Å². The lowest BCUT2D eigenvalue weighted by Gasteiger charge is -2.11. The molecule has 1 amide bonds. The molecule has 0 fully saturated rings. The monoisotopic (exact) mass is 495 g/mol. The summed E-state index contributed by atoms with van der Waals surface area (Å²) < 4.78 is 6.99. The molecule has 0 unspecified atom stereocenters. The van der Waals surface area contributed by atoms with Gasteiger partial charge in [-0.15, -0.1) is 11.3 Å². The van der Waals surface area contributed by atoms with E-state index in [0.29, 0.717) is 21.3 Å². The van der Waals surface area contributed by atoms with E-state index >= 15 is 0 Å². The molecule has 0 aliphatic carbocycles. The molecule has 5 rings (SSSR count). The van der Waals surface area contributed by atoms with E-state index in [9.17, 15) is 14.9 Å². The third kappa shape index (κ3) is 4.18. The molecule has 0 radical (unpaired) electrons. The average molecular weight is 496 g/mol. The highest BCUT2D eigenvalue weighted by molar-refractivity contribution is 7.23. The predicted octanol–water partition coefficient (Wildman–Crippen LogP) is 5.57. The Kier molecular flexibility index (Phi) is 5.54. The van der Waals surface area contributed by atoms with Crippen molar-refractivity contribution in [3.8, 4) is 5.75 Å². The number of anilines is 1. The van der Waals surface area contributed by atoms with Gasteiger partial charge in [0.05, 0.1) is 43.6 Å². The number of hydrazone groups is 1. The molecule has 3 aromatic heterocycles. The smallest absolute Gasteiger partial charge is 0.324 e. The zero-order valence-electron chi connectivity index (χ0n) is 16.9. The third-order valence-electron chi connectivity index (χ3n) is 4.53. The Morgan fingerprint density at radius 2 is 1.88 bits per heavy atom. The van der Waals surface area contributed by atoms with Gasteiger partial charge in [0.2, 0.25) is 5.13 Å². The highest BCUT2D eigenvalue weighted by Crippen LogP contribution is 2.33. The number of methoxy groups -OCH3 is 1. The van der Waals surface area contributed by atoms with Gasteiger partial charge in [-0.1, -0.05) is 34.8 Å². The van der Waals surface area contributed by atoms with Gasteiger partial charge in [0.15, 0.2) is 5.01 Å². The summed E-state index contributed by atoms with van der Waals surface area (Å²) in [5.74, 6) is 0.237. The topological polar surface area (TPSA) is 111 Å². The van der Waals surface area contributed by atoms with Crippen LogP contribution in [0.25, 0.3) is 20.4 Å². The maximum atomic E-state index is 13.4. The molecule has 2 aromatic carbocycles. The molecule has 0 spiro atoms. The van der Waals surface area contributed by atoms with Crippen molar-refractivity contribution in [3.05, 3.63) is 74.6 Å². The molecule has 0 aliphatic rings. The van der Waals surface area contributed by atoms with Crippen molar-refractivity contribution < 1.29 is 14.5 Å². The predicted molar refractivity (Wildman–Crippen MR) is 131 cm³/mol. The summed E-state index contributed by atoms with van der Waals surface area (Å²) in [6.07, 6.45) is 1.41. The fraction of sp³-hybridized carbons (Fsp3) is 0.0476. The minimum atomic E-state index is -0.465. The molecule has 0 saturated heterocycles. The Hall–Kier alpha value is -3.74. The van der Waals surface area contributed by atoms with Crippen LogP contribution in [0, 0.1) is 10.1 Å². The highest BCUT2D eigenvalue weighted by atomic mass is 32.1. The van der Waals surface area contributed by atoms with Crippen LogP contribution >= 0.6 is 34.0 Å². The van der Waals surface area contributed by atoms with E-state index < -0.39 is 10.8 Å². The lowest BCUT2D eigenvalue weighted by Crippen LogP contribution is -2.25. The minimum Gasteiger partial charge on any atom is -0.497 e. The van der Waals surface area contributed by atoms with Crippen molar-refractivity contribution in [2.45, 2.75) is 0 Å². The van der Waals surface area contributed by atoms with Gasteiger partial charge >= 0.3 is 10.9 Å². The van der Waals surface area contributed by atoms with Crippen LogP contribution in [0.5, 0.6) is 5.75 Å². The van der Waals surface area contributed by atoms with Crippen molar-refractivity contribution in [1.82, 2.24) is 9.97 Å². The number of hydrogen-bond acceptors (Lipinski definition) is 10. The number of para-hydroxylation sites is 1. The lowest BCUT2D eigenvalue weighted by atomic mass is 10.3. The normalized spacial score (nSPS) is 11.4. The molecule has 0 atom stereocenters. The van der Waals surface area contributed by atoms with E-state index in [0.717, 1.165) is 26.3 Å². The van der Waals surface area contributed by atoms with Gasteiger partial charge < -0.3 is 4.74 Å². The molecule has 0 N–H and O–H groups in total. The summed E-state index contributed by atoms with van der Waals surface area (Å²) in [6.45, 7) is 0. The first-order valence-electron chi connectivity index (χ1n) is 9.44. The van der Waals surface area contributed by atoms with E-state index in [-0.39, 0.29) is 10.0 Å². The molecule has 5 aromatic rings. The second-order valence-corrected chi connectivity index (χ2v) is 9.75. The molecule has 12 heteroatoms. The number of thiazole rings is 2. The Balaban J connectivity index is 1.56. The summed E-state index contributed by atoms with van der Waals surface area (Å²) in [7, 11) is 1.58. The number of thiophene rings is 1. The fourth-order valence-electron chi connectivity index (χ4n) is 2.98. The molecular weight excluding hydrogens is 482 g/mol. The summed E-state index contributed by atoms with van der Waals surface area (Å²) in [4.78, 5) is 33.5. The first kappa shape index (κ1) is 21.1. The summed E-state index contributed by atoms with van der Waals surface area (Å²) in [5, 5.41) is 17.1. The van der Waals surface area contributed by atoms with Gasteiger partial charge in [-0.25, -0.2) is 9.97 Å². The Morgan fingerprint density at radius 3 is 2.64 bits per heavy atom. The van der Waals surface area contributed by atoms with Crippen LogP contribution in [0.3, 0.4) is 0 Å². The van der Waals surface area contributed by atoms with Gasteiger partial charge in [-0.2, -0.15) is 10.1 Å². The van der Waals surface area contributed by atoms with Crippen LogP contribution in [-0.4, -0.2) is 34.1 Å². The highest BCUT2D eigenvalue weighted by Gasteiger charge is 2.24. The largest absolute Gasteiger partial charge is 0.497 e. The number of nitrogens with zero attached hydrogens (tertiary/aromatic N) is 5. The number of ether oxygens (including phenoxy) is 1. The van der Waals surface area contributed by atoms with Crippen LogP contribution < -0.4 is 9.75 Å². The number of rotatable bonds is 6. The number of hydrogen-bond donors (Lipinski definition) is 0. The molecule has 0 aliphatic heterocycles. The van der Waals surface area contributed by atoms with Crippen LogP contribution in [0.4, 0.5) is 10.1 Å². The maximum absolute atomic E-state index is 13.4. The first-order chi connectivity index (χ1) is 16.0. The number of carbonyl (C=O) groups is 1. The average Bonchev–Trinajstić information content (AvgIpc) is 3.56. The number of aromatic nitrogens is 2. The van der Waals surface area contributed by atoms with E-state index in [1.54, 1.807) is 25.3 Å². The standard InChI is InChI=1S/C21H13N5O4S3/c1-30-12-6-8-15-17(10-12)33-21(24-15)25(22-11-13-7-9-18(31-13)26(28)29)20(27)19-23-14-4-2-3-5-16(14)32-19/h2-11H,1H3/b22-11+. The van der Waals surface area contributed by atoms with Gasteiger partial charge in [0.25, 0.3) is 0 Å². The Bertz CT molecular complexity index is 1500. The van der Waals surface area contributed by atoms with E-state index in [1.165, 1.54) is 40.0 Å². The van der Waals surface area contributed by atoms with Crippen molar-refractivity contribution in [2.24, 2.45) is 5.10 Å². The summed E-state index contributed by atoms with van der Waals surface area (Å²) >= 11 is 3.51. The van der Waals surface area contributed by atoms with Gasteiger partial charge in [-0.3, -0.25) is 14.9 Å². The van der Waals surface area contributed by atoms with E-state index in [2.05, 4.69) is 15.1 Å². The third-order valence-corrected chi connectivity index (χ3v) is 7.52. The summed E-state index contributed by atoms with van der Waals surface area (Å²) in [5.41, 5.74) is 1.41.